The van der Waals surface area contributed by atoms with Crippen molar-refractivity contribution in [1.82, 2.24) is 0 Å². The zero-order valence-corrected chi connectivity index (χ0v) is 16.0. The molecule has 0 aromatic heterocycles. The highest BCUT2D eigenvalue weighted by Gasteiger charge is 2.51. The second-order valence-electron chi connectivity index (χ2n) is 6.20. The van der Waals surface area contributed by atoms with E-state index in [2.05, 4.69) is 0 Å². The fourth-order valence-corrected chi connectivity index (χ4v) is 5.01. The third-order valence-electron chi connectivity index (χ3n) is 4.17. The molecule has 0 aliphatic carbocycles. The topological polar surface area (TPSA) is 55.8 Å². The molecule has 3 atom stereocenters. The van der Waals surface area contributed by atoms with E-state index in [1.54, 1.807) is 27.8 Å². The molecule has 0 aliphatic heterocycles. The Morgan fingerprint density at radius 1 is 1.09 bits per heavy atom. The summed E-state index contributed by atoms with van der Waals surface area (Å²) in [6.07, 6.45) is 0. The van der Waals surface area contributed by atoms with Crippen LogP contribution in [0.1, 0.15) is 46.2 Å². The van der Waals surface area contributed by atoms with E-state index >= 15 is 0 Å². The molecule has 132 valence electrons. The summed E-state index contributed by atoms with van der Waals surface area (Å²) in [6.45, 7) is 9.92. The Labute approximate surface area is 140 Å². The lowest BCUT2D eigenvalue weighted by Crippen LogP contribution is -2.52. The van der Waals surface area contributed by atoms with Crippen molar-refractivity contribution in [1.29, 1.82) is 0 Å². The van der Waals surface area contributed by atoms with Gasteiger partial charge in [0, 0.05) is 18.4 Å². The van der Waals surface area contributed by atoms with Crippen molar-refractivity contribution in [2.45, 2.75) is 46.4 Å². The fraction of sp³-hybridized carbons (Fsp3) is 0.647. The van der Waals surface area contributed by atoms with E-state index < -0.39 is 18.0 Å². The molecule has 0 radical (unpaired) electrons. The van der Waals surface area contributed by atoms with Crippen LogP contribution in [0.3, 0.4) is 0 Å². The summed E-state index contributed by atoms with van der Waals surface area (Å²) in [7, 11) is -1.75. The van der Waals surface area contributed by atoms with Gasteiger partial charge in [0.15, 0.2) is 0 Å². The fourth-order valence-electron chi connectivity index (χ4n) is 3.07. The highest BCUT2D eigenvalue weighted by atomic mass is 31.2. The zero-order valence-electron chi connectivity index (χ0n) is 15.1. The monoisotopic (exact) mass is 344 g/mol. The van der Waals surface area contributed by atoms with Gasteiger partial charge in [-0.2, -0.15) is 4.65 Å². The first kappa shape index (κ1) is 20.3. The summed E-state index contributed by atoms with van der Waals surface area (Å²) in [4.78, 5) is 0. The number of quaternary nitrogens is 1. The van der Waals surface area contributed by atoms with Crippen LogP contribution < -0.4 is 0 Å². The van der Waals surface area contributed by atoms with Crippen molar-refractivity contribution < 1.29 is 23.5 Å². The molecule has 1 aromatic rings. The second-order valence-corrected chi connectivity index (χ2v) is 8.55. The zero-order chi connectivity index (χ0) is 17.7. The highest BCUT2D eigenvalue weighted by molar-refractivity contribution is 7.54. The van der Waals surface area contributed by atoms with Gasteiger partial charge in [-0.3, -0.25) is 4.57 Å². The summed E-state index contributed by atoms with van der Waals surface area (Å²) < 4.78 is 23.5. The van der Waals surface area contributed by atoms with Gasteiger partial charge in [0.25, 0.3) is 0 Å². The quantitative estimate of drug-likeness (QED) is 0.396. The number of nitrogens with zero attached hydrogens (tertiary/aromatic N) is 1. The molecule has 0 saturated carbocycles. The van der Waals surface area contributed by atoms with Crippen molar-refractivity contribution in [3.8, 4) is 0 Å². The molecule has 0 spiro atoms. The van der Waals surface area contributed by atoms with E-state index in [-0.39, 0.29) is 25.2 Å². The molecule has 5 nitrogen and oxygen atoms in total. The standard InChI is InChI=1S/C17H31NO4P/c1-7-21-23(20,22-8-2)15(5)18(6,19)17(14(3)4)16-12-10-9-11-13-16/h9-15,17,19H,7-8H2,1-6H3/q+1. The number of benzene rings is 1. The molecule has 1 N–H and O–H groups in total. The number of hydrogen-bond acceptors (Lipinski definition) is 4. The molecule has 6 heteroatoms. The van der Waals surface area contributed by atoms with Crippen LogP contribution in [0.25, 0.3) is 0 Å². The Morgan fingerprint density at radius 3 is 1.96 bits per heavy atom. The lowest BCUT2D eigenvalue weighted by molar-refractivity contribution is -1.12. The molecule has 0 heterocycles. The third-order valence-corrected chi connectivity index (χ3v) is 6.79. The minimum Gasteiger partial charge on any atom is -0.305 e. The second kappa shape index (κ2) is 8.41. The van der Waals surface area contributed by atoms with Crippen molar-refractivity contribution >= 4 is 7.60 Å². The minimum atomic E-state index is -3.42. The lowest BCUT2D eigenvalue weighted by Gasteiger charge is -2.42. The smallest absolute Gasteiger partial charge is 0.305 e. The largest absolute Gasteiger partial charge is 0.390 e. The Balaban J connectivity index is 3.25. The molecule has 23 heavy (non-hydrogen) atoms. The van der Waals surface area contributed by atoms with Crippen LogP contribution in [0.5, 0.6) is 0 Å². The van der Waals surface area contributed by atoms with Crippen LogP contribution in [0.2, 0.25) is 0 Å². The van der Waals surface area contributed by atoms with Gasteiger partial charge < -0.3 is 9.05 Å². The predicted octanol–water partition coefficient (Wildman–Crippen LogP) is 4.83. The van der Waals surface area contributed by atoms with E-state index in [4.69, 9.17) is 9.05 Å². The van der Waals surface area contributed by atoms with Gasteiger partial charge in [-0.15, -0.1) is 0 Å². The summed E-state index contributed by atoms with van der Waals surface area (Å²) in [6, 6.07) is 9.56. The van der Waals surface area contributed by atoms with E-state index in [0.717, 1.165) is 5.56 Å². The molecule has 3 unspecified atom stereocenters. The summed E-state index contributed by atoms with van der Waals surface area (Å²) >= 11 is 0. The van der Waals surface area contributed by atoms with Crippen LogP contribution in [0.4, 0.5) is 0 Å². The maximum atomic E-state index is 13.1. The average molecular weight is 344 g/mol. The van der Waals surface area contributed by atoms with Crippen LogP contribution in [-0.4, -0.2) is 35.9 Å². The Bertz CT molecular complexity index is 509. The number of rotatable bonds is 9. The first-order valence-corrected chi connectivity index (χ1v) is 9.84. The van der Waals surface area contributed by atoms with Crippen molar-refractivity contribution in [3.63, 3.8) is 0 Å². The Morgan fingerprint density at radius 2 is 1.57 bits per heavy atom. The maximum Gasteiger partial charge on any atom is 0.390 e. The van der Waals surface area contributed by atoms with Gasteiger partial charge in [-0.1, -0.05) is 44.2 Å². The SMILES string of the molecule is CCOP(=O)(OCC)C(C)[N+](C)(O)C(c1ccccc1)C(C)C. The van der Waals surface area contributed by atoms with Gasteiger partial charge in [0.05, 0.1) is 20.3 Å². The normalized spacial score (nSPS) is 17.7. The number of hydrogen-bond donors (Lipinski definition) is 1. The Hall–Kier alpha value is -0.710. The first-order chi connectivity index (χ1) is 10.7. The van der Waals surface area contributed by atoms with E-state index in [1.165, 1.54) is 0 Å². The molecule has 0 saturated heterocycles. The van der Waals surface area contributed by atoms with Gasteiger partial charge in [-0.25, -0.2) is 5.21 Å². The molecule has 0 fully saturated rings. The molecular weight excluding hydrogens is 313 g/mol. The van der Waals surface area contributed by atoms with Gasteiger partial charge in [-0.05, 0) is 13.8 Å². The molecule has 1 rings (SSSR count). The van der Waals surface area contributed by atoms with Crippen LogP contribution in [0.15, 0.2) is 30.3 Å². The number of hydroxylamine groups is 3. The predicted molar refractivity (Wildman–Crippen MR) is 92.3 cm³/mol. The Kier molecular flexibility index (Phi) is 7.43. The van der Waals surface area contributed by atoms with Gasteiger partial charge in [0.2, 0.25) is 5.78 Å². The maximum absolute atomic E-state index is 13.1. The minimum absolute atomic E-state index is 0.145. The lowest BCUT2D eigenvalue weighted by atomic mass is 9.94. The van der Waals surface area contributed by atoms with E-state index in [1.807, 2.05) is 44.2 Å². The van der Waals surface area contributed by atoms with E-state index in [9.17, 15) is 9.77 Å². The summed E-state index contributed by atoms with van der Waals surface area (Å²) in [5, 5.41) is 11.3. The van der Waals surface area contributed by atoms with Gasteiger partial charge >= 0.3 is 7.60 Å². The van der Waals surface area contributed by atoms with Crippen LogP contribution in [0, 0.1) is 5.92 Å². The van der Waals surface area contributed by atoms with Crippen LogP contribution >= 0.6 is 7.60 Å². The molecule has 0 amide bonds. The molecule has 1 aromatic carbocycles. The summed E-state index contributed by atoms with van der Waals surface area (Å²) in [5.41, 5.74) is 0.999. The third kappa shape index (κ3) is 4.65. The van der Waals surface area contributed by atoms with Crippen LogP contribution in [-0.2, 0) is 13.6 Å². The first-order valence-electron chi connectivity index (χ1n) is 8.23. The van der Waals surface area contributed by atoms with Gasteiger partial charge in [0.1, 0.15) is 6.04 Å². The molecule has 0 bridgehead atoms. The average Bonchev–Trinajstić information content (AvgIpc) is 2.47. The summed E-state index contributed by atoms with van der Waals surface area (Å²) in [5.74, 6) is -0.554. The van der Waals surface area contributed by atoms with Crippen molar-refractivity contribution in [2.24, 2.45) is 5.92 Å². The van der Waals surface area contributed by atoms with Crippen molar-refractivity contribution in [2.75, 3.05) is 20.3 Å². The molecular formula is C17H31NO4P+. The highest BCUT2D eigenvalue weighted by Crippen LogP contribution is 2.57. The molecule has 0 aliphatic rings. The van der Waals surface area contributed by atoms with E-state index in [0.29, 0.717) is 0 Å². The van der Waals surface area contributed by atoms with Crippen molar-refractivity contribution in [3.05, 3.63) is 35.9 Å².